The number of sulfonamides is 1. The highest BCUT2D eigenvalue weighted by Crippen LogP contribution is 2.25. The lowest BCUT2D eigenvalue weighted by Crippen LogP contribution is -2.35. The number of rotatable bonds is 5. The molecule has 130 valence electrons. The van der Waals surface area contributed by atoms with Gasteiger partial charge in [0.2, 0.25) is 11.2 Å². The number of aryl methyl sites for hydroxylation is 2. The van der Waals surface area contributed by atoms with Gasteiger partial charge in [-0.1, -0.05) is 0 Å². The smallest absolute Gasteiger partial charge is 0.335 e. The molecule has 2 heterocycles. The first-order valence-electron chi connectivity index (χ1n) is 6.65. The summed E-state index contributed by atoms with van der Waals surface area (Å²) in [4.78, 5) is 23.8. The molecule has 2 N–H and O–H groups in total. The Bertz CT molecular complexity index is 849. The fourth-order valence-corrected chi connectivity index (χ4v) is 4.54. The Morgan fingerprint density at radius 3 is 2.62 bits per heavy atom. The molecule has 2 aromatic rings. The van der Waals surface area contributed by atoms with Gasteiger partial charge in [-0.3, -0.25) is 5.32 Å². The molecule has 0 aliphatic carbocycles. The van der Waals surface area contributed by atoms with Gasteiger partial charge in [0.15, 0.2) is 0 Å². The van der Waals surface area contributed by atoms with Crippen LogP contribution < -0.4 is 14.8 Å². The molecule has 12 heteroatoms. The van der Waals surface area contributed by atoms with E-state index in [1.807, 2.05) is 4.72 Å². The number of thiophene rings is 1. The zero-order chi connectivity index (χ0) is 17.9. The normalized spacial score (nSPS) is 11.2. The number of ether oxygens (including phenoxy) is 1. The van der Waals surface area contributed by atoms with E-state index in [0.29, 0.717) is 10.4 Å². The molecule has 0 saturated heterocycles. The van der Waals surface area contributed by atoms with Crippen molar-refractivity contribution in [2.75, 3.05) is 11.9 Å². The molecule has 0 aliphatic rings. The predicted molar refractivity (Wildman–Crippen MR) is 89.1 cm³/mol. The SMILES string of the molecule is CCOc1nc(Cl)nc(NC(=O)NS(=O)(=O)c2c(C)csc2C)n1. The molecule has 2 amide bonds. The largest absolute Gasteiger partial charge is 0.464 e. The monoisotopic (exact) mass is 391 g/mol. The zero-order valence-corrected chi connectivity index (χ0v) is 15.3. The minimum absolute atomic E-state index is 0.0753. The lowest BCUT2D eigenvalue weighted by molar-refractivity contribution is 0.256. The van der Waals surface area contributed by atoms with Crippen LogP contribution >= 0.6 is 22.9 Å². The van der Waals surface area contributed by atoms with Crippen LogP contribution in [0.2, 0.25) is 5.28 Å². The predicted octanol–water partition coefficient (Wildman–Crippen LogP) is 2.11. The molecule has 9 nitrogen and oxygen atoms in total. The summed E-state index contributed by atoms with van der Waals surface area (Å²) < 4.78 is 31.6. The fraction of sp³-hybridized carbons (Fsp3) is 0.333. The van der Waals surface area contributed by atoms with Gasteiger partial charge in [-0.2, -0.15) is 15.0 Å². The van der Waals surface area contributed by atoms with Crippen LogP contribution in [0.1, 0.15) is 17.4 Å². The van der Waals surface area contributed by atoms with Crippen molar-refractivity contribution in [2.45, 2.75) is 25.7 Å². The van der Waals surface area contributed by atoms with Crippen molar-refractivity contribution in [1.82, 2.24) is 19.7 Å². The van der Waals surface area contributed by atoms with E-state index in [1.165, 1.54) is 11.3 Å². The average Bonchev–Trinajstić information content (AvgIpc) is 2.77. The van der Waals surface area contributed by atoms with Crippen molar-refractivity contribution in [3.8, 4) is 6.01 Å². The number of halogens is 1. The first-order valence-corrected chi connectivity index (χ1v) is 9.40. The third-order valence-electron chi connectivity index (χ3n) is 2.67. The molecule has 0 atom stereocenters. The minimum atomic E-state index is -4.02. The molecule has 0 bridgehead atoms. The van der Waals surface area contributed by atoms with Crippen molar-refractivity contribution < 1.29 is 17.9 Å². The number of nitrogens with zero attached hydrogens (tertiary/aromatic N) is 3. The highest BCUT2D eigenvalue weighted by Gasteiger charge is 2.24. The maximum absolute atomic E-state index is 12.3. The van der Waals surface area contributed by atoms with E-state index in [1.54, 1.807) is 26.2 Å². The summed E-state index contributed by atoms with van der Waals surface area (Å²) in [6, 6.07) is -1.11. The standard InChI is InChI=1S/C12H14ClN5O4S2/c1-4-22-12-15-9(13)14-10(17-12)16-11(19)18-24(20,21)8-6(2)5-23-7(8)3/h5H,4H2,1-3H3,(H2,14,15,16,17,18,19). The Balaban J connectivity index is 2.16. The molecular formula is C12H14ClN5O4S2. The summed E-state index contributed by atoms with van der Waals surface area (Å²) >= 11 is 6.97. The summed E-state index contributed by atoms with van der Waals surface area (Å²) in [5, 5.41) is 3.68. The molecule has 0 saturated carbocycles. The van der Waals surface area contributed by atoms with Gasteiger partial charge in [-0.05, 0) is 43.3 Å². The first-order chi connectivity index (χ1) is 11.2. The molecule has 0 aliphatic heterocycles. The van der Waals surface area contributed by atoms with Crippen LogP contribution in [0.3, 0.4) is 0 Å². The van der Waals surface area contributed by atoms with Crippen molar-refractivity contribution in [3.63, 3.8) is 0 Å². The number of amides is 2. The van der Waals surface area contributed by atoms with E-state index in [4.69, 9.17) is 16.3 Å². The molecule has 2 aromatic heterocycles. The van der Waals surface area contributed by atoms with Crippen molar-refractivity contribution in [1.29, 1.82) is 0 Å². The van der Waals surface area contributed by atoms with Crippen molar-refractivity contribution in [3.05, 3.63) is 21.1 Å². The van der Waals surface area contributed by atoms with Gasteiger partial charge in [0.1, 0.15) is 4.90 Å². The molecule has 2 rings (SSSR count). The third-order valence-corrected chi connectivity index (χ3v) is 5.62. The quantitative estimate of drug-likeness (QED) is 0.799. The highest BCUT2D eigenvalue weighted by molar-refractivity contribution is 7.90. The maximum Gasteiger partial charge on any atom is 0.335 e. The number of urea groups is 1. The maximum atomic E-state index is 12.3. The van der Waals surface area contributed by atoms with Crippen LogP contribution in [-0.2, 0) is 10.0 Å². The van der Waals surface area contributed by atoms with Crippen LogP contribution in [-0.4, -0.2) is 36.0 Å². The average molecular weight is 392 g/mol. The number of anilines is 1. The van der Waals surface area contributed by atoms with Crippen LogP contribution in [0.5, 0.6) is 6.01 Å². The highest BCUT2D eigenvalue weighted by atomic mass is 35.5. The molecule has 0 unspecified atom stereocenters. The van der Waals surface area contributed by atoms with Gasteiger partial charge < -0.3 is 4.74 Å². The van der Waals surface area contributed by atoms with Gasteiger partial charge in [-0.25, -0.2) is 17.9 Å². The van der Waals surface area contributed by atoms with E-state index >= 15 is 0 Å². The summed E-state index contributed by atoms with van der Waals surface area (Å²) in [5.41, 5.74) is 0.555. The number of aromatic nitrogens is 3. The van der Waals surface area contributed by atoms with Gasteiger partial charge >= 0.3 is 12.0 Å². The van der Waals surface area contributed by atoms with Crippen LogP contribution in [0, 0.1) is 13.8 Å². The number of carbonyl (C=O) groups is 1. The second-order valence-electron chi connectivity index (χ2n) is 4.51. The first kappa shape index (κ1) is 18.4. The Morgan fingerprint density at radius 2 is 2.04 bits per heavy atom. The van der Waals surface area contributed by atoms with Crippen LogP contribution in [0.25, 0.3) is 0 Å². The van der Waals surface area contributed by atoms with Gasteiger partial charge in [0, 0.05) is 4.88 Å². The second kappa shape index (κ2) is 7.28. The number of nitrogens with one attached hydrogen (secondary N) is 2. The molecule has 0 spiro atoms. The van der Waals surface area contributed by atoms with E-state index in [9.17, 15) is 13.2 Å². The Morgan fingerprint density at radius 1 is 1.33 bits per heavy atom. The topological polar surface area (TPSA) is 123 Å². The zero-order valence-electron chi connectivity index (χ0n) is 13.0. The van der Waals surface area contributed by atoms with E-state index in [2.05, 4.69) is 20.3 Å². The molecular weight excluding hydrogens is 378 g/mol. The summed E-state index contributed by atoms with van der Waals surface area (Å²) in [7, 11) is -4.02. The van der Waals surface area contributed by atoms with E-state index < -0.39 is 16.1 Å². The number of hydrogen-bond acceptors (Lipinski definition) is 8. The number of hydrogen-bond donors (Lipinski definition) is 2. The second-order valence-corrected chi connectivity index (χ2v) is 7.55. The molecule has 24 heavy (non-hydrogen) atoms. The summed E-state index contributed by atoms with van der Waals surface area (Å²) in [5.74, 6) is -0.232. The van der Waals surface area contributed by atoms with Crippen LogP contribution in [0.4, 0.5) is 10.7 Å². The molecule has 0 aromatic carbocycles. The van der Waals surface area contributed by atoms with Crippen molar-refractivity contribution >= 4 is 44.9 Å². The van der Waals surface area contributed by atoms with Gasteiger partial charge in [-0.15, -0.1) is 11.3 Å². The van der Waals surface area contributed by atoms with E-state index in [-0.39, 0.29) is 28.7 Å². The lowest BCUT2D eigenvalue weighted by Gasteiger charge is -2.09. The number of carbonyl (C=O) groups excluding carboxylic acids is 1. The Hall–Kier alpha value is -1.98. The Labute approximate surface area is 147 Å². The summed E-state index contributed by atoms with van der Waals surface area (Å²) in [6.07, 6.45) is 0. The molecule has 0 fully saturated rings. The van der Waals surface area contributed by atoms with Crippen LogP contribution in [0.15, 0.2) is 10.3 Å². The van der Waals surface area contributed by atoms with E-state index in [0.717, 1.165) is 0 Å². The molecule has 0 radical (unpaired) electrons. The van der Waals surface area contributed by atoms with Gasteiger partial charge in [0.05, 0.1) is 6.61 Å². The third kappa shape index (κ3) is 4.30. The van der Waals surface area contributed by atoms with Crippen molar-refractivity contribution in [2.24, 2.45) is 0 Å². The summed E-state index contributed by atoms with van der Waals surface area (Å²) in [6.45, 7) is 5.31. The Kier molecular flexibility index (Phi) is 5.57. The fourth-order valence-electron chi connectivity index (χ4n) is 1.84. The minimum Gasteiger partial charge on any atom is -0.464 e. The van der Waals surface area contributed by atoms with Gasteiger partial charge in [0.25, 0.3) is 10.0 Å². The lowest BCUT2D eigenvalue weighted by atomic mass is 10.3.